The van der Waals surface area contributed by atoms with Crippen molar-refractivity contribution >= 4 is 15.7 Å². The third kappa shape index (κ3) is 4.21. The zero-order chi connectivity index (χ0) is 14.5. The van der Waals surface area contributed by atoms with Gasteiger partial charge in [-0.15, -0.1) is 0 Å². The van der Waals surface area contributed by atoms with Gasteiger partial charge in [0.15, 0.2) is 0 Å². The van der Waals surface area contributed by atoms with Crippen molar-refractivity contribution in [3.63, 3.8) is 0 Å². The van der Waals surface area contributed by atoms with Crippen molar-refractivity contribution in [2.45, 2.75) is 4.90 Å². The number of nitro groups is 1. The van der Waals surface area contributed by atoms with E-state index in [0.29, 0.717) is 12.1 Å². The first-order valence-electron chi connectivity index (χ1n) is 4.95. The number of hydrogen-bond donors (Lipinski definition) is 1. The zero-order valence-electron chi connectivity index (χ0n) is 9.83. The number of halogens is 1. The van der Waals surface area contributed by atoms with Crippen LogP contribution in [0.2, 0.25) is 0 Å². The highest BCUT2D eigenvalue weighted by Gasteiger charge is 2.21. The van der Waals surface area contributed by atoms with Gasteiger partial charge in [0, 0.05) is 13.2 Å². The largest absolute Gasteiger partial charge is 0.382 e. The van der Waals surface area contributed by atoms with Crippen molar-refractivity contribution in [1.29, 1.82) is 0 Å². The molecule has 0 spiro atoms. The van der Waals surface area contributed by atoms with Crippen molar-refractivity contribution in [1.82, 2.24) is 4.89 Å². The molecule has 1 N–H and O–H groups in total. The third-order valence-corrected chi connectivity index (χ3v) is 3.19. The van der Waals surface area contributed by atoms with E-state index >= 15 is 0 Å². The maximum atomic E-state index is 13.1. The van der Waals surface area contributed by atoms with Crippen molar-refractivity contribution in [2.75, 3.05) is 20.3 Å². The summed E-state index contributed by atoms with van der Waals surface area (Å²) in [5, 5.41) is 10.5. The molecule has 0 radical (unpaired) electrons. The van der Waals surface area contributed by atoms with Gasteiger partial charge in [0.2, 0.25) is 5.82 Å². The molecular weight excluding hydrogens is 283 g/mol. The topological polar surface area (TPSA) is 108 Å². The Hall–Kier alpha value is -1.62. The molecule has 1 aromatic rings. The Balaban J connectivity index is 2.89. The van der Waals surface area contributed by atoms with Crippen molar-refractivity contribution in [2.24, 2.45) is 0 Å². The first-order chi connectivity index (χ1) is 8.88. The van der Waals surface area contributed by atoms with Gasteiger partial charge in [0.25, 0.3) is 10.0 Å². The van der Waals surface area contributed by atoms with Crippen LogP contribution in [0, 0.1) is 15.9 Å². The first kappa shape index (κ1) is 15.4. The van der Waals surface area contributed by atoms with Crippen LogP contribution in [0.4, 0.5) is 10.1 Å². The van der Waals surface area contributed by atoms with E-state index in [-0.39, 0.29) is 13.2 Å². The average Bonchev–Trinajstić information content (AvgIpc) is 2.34. The van der Waals surface area contributed by atoms with Crippen LogP contribution >= 0.6 is 0 Å². The molecule has 1 aromatic carbocycles. The van der Waals surface area contributed by atoms with E-state index in [1.807, 2.05) is 0 Å². The molecule has 0 aromatic heterocycles. The van der Waals surface area contributed by atoms with E-state index in [1.54, 1.807) is 4.89 Å². The number of methoxy groups -OCH3 is 1. The van der Waals surface area contributed by atoms with Gasteiger partial charge in [-0.25, -0.2) is 8.42 Å². The lowest BCUT2D eigenvalue weighted by Gasteiger charge is -2.06. The normalized spacial score (nSPS) is 11.5. The fraction of sp³-hybridized carbons (Fsp3) is 0.333. The minimum Gasteiger partial charge on any atom is -0.382 e. The molecule has 19 heavy (non-hydrogen) atoms. The van der Waals surface area contributed by atoms with E-state index in [9.17, 15) is 22.9 Å². The van der Waals surface area contributed by atoms with Crippen molar-refractivity contribution < 1.29 is 27.3 Å². The number of nitro benzene ring substituents is 1. The number of benzene rings is 1. The van der Waals surface area contributed by atoms with Crippen LogP contribution in [0.1, 0.15) is 0 Å². The summed E-state index contributed by atoms with van der Waals surface area (Å²) < 4.78 is 41.0. The molecule has 0 unspecified atom stereocenters. The highest BCUT2D eigenvalue weighted by Crippen LogP contribution is 2.21. The molecule has 0 amide bonds. The number of hydrogen-bond acceptors (Lipinski definition) is 6. The molecular formula is C9H11FN2O6S. The van der Waals surface area contributed by atoms with E-state index < -0.39 is 31.3 Å². The predicted molar refractivity (Wildman–Crippen MR) is 61.2 cm³/mol. The van der Waals surface area contributed by atoms with Gasteiger partial charge in [-0.3, -0.25) is 15.0 Å². The Kier molecular flexibility index (Phi) is 5.30. The van der Waals surface area contributed by atoms with Gasteiger partial charge in [-0.1, -0.05) is 4.89 Å². The molecule has 0 atom stereocenters. The molecule has 0 aliphatic heterocycles. The SMILES string of the molecule is COCCONS(=O)(=O)c1ccc(F)c([N+](=O)[O-])c1. The smallest absolute Gasteiger partial charge is 0.306 e. The summed E-state index contributed by atoms with van der Waals surface area (Å²) >= 11 is 0. The first-order valence-corrected chi connectivity index (χ1v) is 6.43. The van der Waals surface area contributed by atoms with E-state index in [2.05, 4.69) is 9.57 Å². The Labute approximate surface area is 108 Å². The minimum absolute atomic E-state index is 0.0426. The quantitative estimate of drug-likeness (QED) is 0.448. The second kappa shape index (κ2) is 6.52. The van der Waals surface area contributed by atoms with Crippen LogP contribution in [0.25, 0.3) is 0 Å². The lowest BCUT2D eigenvalue weighted by molar-refractivity contribution is -0.387. The lowest BCUT2D eigenvalue weighted by Crippen LogP contribution is -2.25. The fourth-order valence-electron chi connectivity index (χ4n) is 1.09. The minimum atomic E-state index is -4.11. The molecule has 0 bridgehead atoms. The lowest BCUT2D eigenvalue weighted by atomic mass is 10.3. The highest BCUT2D eigenvalue weighted by atomic mass is 32.2. The van der Waals surface area contributed by atoms with Crippen LogP contribution in [0.15, 0.2) is 23.1 Å². The second-order valence-electron chi connectivity index (χ2n) is 3.30. The summed E-state index contributed by atoms with van der Waals surface area (Å²) in [6.07, 6.45) is 0. The summed E-state index contributed by atoms with van der Waals surface area (Å²) in [7, 11) is -2.71. The Morgan fingerprint density at radius 1 is 1.42 bits per heavy atom. The number of rotatable bonds is 7. The van der Waals surface area contributed by atoms with Crippen LogP contribution in [-0.4, -0.2) is 33.7 Å². The van der Waals surface area contributed by atoms with Crippen molar-refractivity contribution in [3.05, 3.63) is 34.1 Å². The second-order valence-corrected chi connectivity index (χ2v) is 4.94. The number of nitrogens with zero attached hydrogens (tertiary/aromatic N) is 1. The zero-order valence-corrected chi connectivity index (χ0v) is 10.6. The maximum Gasteiger partial charge on any atom is 0.306 e. The molecule has 10 heteroatoms. The summed E-state index contributed by atoms with van der Waals surface area (Å²) in [6.45, 7) is 0.116. The van der Waals surface area contributed by atoms with Crippen LogP contribution in [0.5, 0.6) is 0 Å². The molecule has 0 aliphatic carbocycles. The van der Waals surface area contributed by atoms with E-state index in [4.69, 9.17) is 0 Å². The van der Waals surface area contributed by atoms with Crippen molar-refractivity contribution in [3.8, 4) is 0 Å². The Bertz CT molecular complexity index is 562. The molecule has 0 saturated carbocycles. The molecule has 0 saturated heterocycles. The average molecular weight is 294 g/mol. The maximum absolute atomic E-state index is 13.1. The Morgan fingerprint density at radius 3 is 2.68 bits per heavy atom. The van der Waals surface area contributed by atoms with Gasteiger partial charge in [0.05, 0.1) is 23.0 Å². The number of ether oxygens (including phenoxy) is 1. The summed E-state index contributed by atoms with van der Waals surface area (Å²) in [4.78, 5) is 15.4. The monoisotopic (exact) mass is 294 g/mol. The standard InChI is InChI=1S/C9H11FN2O6S/c1-17-4-5-18-11-19(15,16)7-2-3-8(10)9(6-7)12(13)14/h2-3,6,11H,4-5H2,1H3. The van der Waals surface area contributed by atoms with E-state index in [1.165, 1.54) is 7.11 Å². The highest BCUT2D eigenvalue weighted by molar-refractivity contribution is 7.89. The van der Waals surface area contributed by atoms with Gasteiger partial charge in [-0.2, -0.15) is 4.39 Å². The van der Waals surface area contributed by atoms with Crippen LogP contribution < -0.4 is 4.89 Å². The van der Waals surface area contributed by atoms with Gasteiger partial charge >= 0.3 is 5.69 Å². The summed E-state index contributed by atoms with van der Waals surface area (Å²) in [5.74, 6) is -1.12. The Morgan fingerprint density at radius 2 is 2.11 bits per heavy atom. The molecule has 8 nitrogen and oxygen atoms in total. The van der Waals surface area contributed by atoms with Gasteiger partial charge in [-0.05, 0) is 12.1 Å². The molecule has 1 rings (SSSR count). The molecule has 0 aliphatic rings. The van der Waals surface area contributed by atoms with Gasteiger partial charge in [0.1, 0.15) is 0 Å². The van der Waals surface area contributed by atoms with Crippen LogP contribution in [0.3, 0.4) is 0 Å². The summed E-state index contributed by atoms with van der Waals surface area (Å²) in [6, 6.07) is 2.20. The molecule has 0 heterocycles. The number of sulfonamides is 1. The van der Waals surface area contributed by atoms with Gasteiger partial charge < -0.3 is 4.74 Å². The fourth-order valence-corrected chi connectivity index (χ4v) is 1.94. The predicted octanol–water partition coefficient (Wildman–Crippen LogP) is 0.590. The number of nitrogens with one attached hydrogen (secondary N) is 1. The third-order valence-electron chi connectivity index (χ3n) is 1.98. The van der Waals surface area contributed by atoms with E-state index in [0.717, 1.165) is 6.07 Å². The summed E-state index contributed by atoms with van der Waals surface area (Å²) in [5.41, 5.74) is -0.931. The molecule has 0 fully saturated rings. The molecule has 106 valence electrons. The van der Waals surface area contributed by atoms with Crippen LogP contribution in [-0.2, 0) is 19.6 Å².